The molecule has 1 N–H and O–H groups in total. The van der Waals surface area contributed by atoms with Crippen molar-refractivity contribution in [2.45, 2.75) is 18.4 Å². The molecule has 4 nitrogen and oxygen atoms in total. The monoisotopic (exact) mass is 456 g/mol. The van der Waals surface area contributed by atoms with Crippen molar-refractivity contribution in [1.82, 2.24) is 4.98 Å². The van der Waals surface area contributed by atoms with E-state index >= 15 is 0 Å². The number of fused-ring (bicyclic) bond motifs is 2. The molecule has 6 rings (SSSR count). The molecule has 4 aromatic carbocycles. The number of Topliss-reactive ketones (excluding diaryl/α,β-unsaturated/α-hetero) is 1. The van der Waals surface area contributed by atoms with Gasteiger partial charge in [0.15, 0.2) is 5.78 Å². The number of para-hydroxylation sites is 2. The van der Waals surface area contributed by atoms with Crippen molar-refractivity contribution in [2.24, 2.45) is 0 Å². The van der Waals surface area contributed by atoms with Crippen molar-refractivity contribution in [3.05, 3.63) is 138 Å². The van der Waals surface area contributed by atoms with Gasteiger partial charge in [-0.1, -0.05) is 97.1 Å². The lowest BCUT2D eigenvalue weighted by Crippen LogP contribution is -2.42. The summed E-state index contributed by atoms with van der Waals surface area (Å²) in [4.78, 5) is 33.4. The fourth-order valence-corrected chi connectivity index (χ4v) is 5.37. The summed E-state index contributed by atoms with van der Waals surface area (Å²) in [5, 5.41) is 0.957. The lowest BCUT2D eigenvalue weighted by atomic mass is 9.71. The van der Waals surface area contributed by atoms with Crippen LogP contribution in [0.1, 0.15) is 33.5 Å². The van der Waals surface area contributed by atoms with Gasteiger partial charge >= 0.3 is 0 Å². The third-order valence-electron chi connectivity index (χ3n) is 7.02. The highest BCUT2D eigenvalue weighted by molar-refractivity contribution is 6.15. The molecule has 0 unspecified atom stereocenters. The van der Waals surface area contributed by atoms with E-state index in [1.807, 2.05) is 120 Å². The minimum absolute atomic E-state index is 0.0550. The summed E-state index contributed by atoms with van der Waals surface area (Å²) in [6, 6.07) is 35.1. The van der Waals surface area contributed by atoms with Crippen molar-refractivity contribution < 1.29 is 9.59 Å². The molecule has 2 heterocycles. The molecular formula is C31H24N2O2. The van der Waals surface area contributed by atoms with Gasteiger partial charge in [-0.2, -0.15) is 0 Å². The number of anilines is 1. The summed E-state index contributed by atoms with van der Waals surface area (Å²) >= 11 is 0. The summed E-state index contributed by atoms with van der Waals surface area (Å²) in [7, 11) is 0. The van der Waals surface area contributed by atoms with Crippen LogP contribution >= 0.6 is 0 Å². The fraction of sp³-hybridized carbons (Fsp3) is 0.0968. The normalized spacial score (nSPS) is 17.0. The van der Waals surface area contributed by atoms with Gasteiger partial charge in [-0.3, -0.25) is 9.59 Å². The van der Waals surface area contributed by atoms with Gasteiger partial charge in [0.2, 0.25) is 5.91 Å². The SMILES string of the molecule is O=C(C[C@]1(c2c[nH]c3ccccc23)C(=O)N(Cc2ccccc2)c2ccccc21)c1ccccc1. The van der Waals surface area contributed by atoms with Crippen LogP contribution in [0.5, 0.6) is 0 Å². The number of benzene rings is 4. The maximum absolute atomic E-state index is 14.6. The predicted molar refractivity (Wildman–Crippen MR) is 139 cm³/mol. The third-order valence-corrected chi connectivity index (χ3v) is 7.02. The number of H-pyrrole nitrogens is 1. The van der Waals surface area contributed by atoms with E-state index in [2.05, 4.69) is 4.98 Å². The molecule has 0 saturated heterocycles. The maximum Gasteiger partial charge on any atom is 0.243 e. The molecule has 170 valence electrons. The molecule has 0 fully saturated rings. The van der Waals surface area contributed by atoms with Gasteiger partial charge in [0.05, 0.1) is 6.54 Å². The Morgan fingerprint density at radius 3 is 2.20 bits per heavy atom. The van der Waals surface area contributed by atoms with E-state index in [1.165, 1.54) is 0 Å². The van der Waals surface area contributed by atoms with E-state index in [9.17, 15) is 9.59 Å². The first kappa shape index (κ1) is 21.1. The molecule has 0 bridgehead atoms. The number of aromatic amines is 1. The molecule has 1 aliphatic heterocycles. The molecule has 35 heavy (non-hydrogen) atoms. The number of nitrogens with zero attached hydrogens (tertiary/aromatic N) is 1. The molecule has 0 aliphatic carbocycles. The molecule has 1 aliphatic rings. The Labute approximate surface area is 203 Å². The summed E-state index contributed by atoms with van der Waals surface area (Å²) in [5.41, 5.74) is 4.03. The van der Waals surface area contributed by atoms with Gasteiger partial charge in [-0.15, -0.1) is 0 Å². The van der Waals surface area contributed by atoms with Crippen molar-refractivity contribution in [3.8, 4) is 0 Å². The van der Waals surface area contributed by atoms with Crippen molar-refractivity contribution in [1.29, 1.82) is 0 Å². The fourth-order valence-electron chi connectivity index (χ4n) is 5.37. The van der Waals surface area contributed by atoms with Gasteiger partial charge in [-0.25, -0.2) is 0 Å². The van der Waals surface area contributed by atoms with Crippen molar-refractivity contribution >= 4 is 28.3 Å². The van der Waals surface area contributed by atoms with Gasteiger partial charge in [0.1, 0.15) is 5.41 Å². The van der Waals surface area contributed by atoms with Crippen molar-refractivity contribution in [2.75, 3.05) is 4.90 Å². The molecular weight excluding hydrogens is 432 g/mol. The average molecular weight is 457 g/mol. The number of aromatic nitrogens is 1. The molecule has 0 radical (unpaired) electrons. The Hall–Kier alpha value is -4.44. The van der Waals surface area contributed by atoms with Crippen LogP contribution in [0.15, 0.2) is 115 Å². The average Bonchev–Trinajstić information content (AvgIpc) is 3.44. The minimum Gasteiger partial charge on any atom is -0.361 e. The van der Waals surface area contributed by atoms with Crippen LogP contribution in [0.25, 0.3) is 10.9 Å². The maximum atomic E-state index is 14.6. The highest BCUT2D eigenvalue weighted by atomic mass is 16.2. The van der Waals surface area contributed by atoms with Crippen LogP contribution in [0.3, 0.4) is 0 Å². The Balaban J connectivity index is 1.56. The number of rotatable bonds is 6. The van der Waals surface area contributed by atoms with Crippen LogP contribution in [-0.2, 0) is 16.8 Å². The van der Waals surface area contributed by atoms with Gasteiger partial charge in [0.25, 0.3) is 0 Å². The van der Waals surface area contributed by atoms with E-state index in [1.54, 1.807) is 0 Å². The van der Waals surface area contributed by atoms with Crippen molar-refractivity contribution in [3.63, 3.8) is 0 Å². The lowest BCUT2D eigenvalue weighted by molar-refractivity contribution is -0.122. The smallest absolute Gasteiger partial charge is 0.243 e. The second-order valence-electron chi connectivity index (χ2n) is 9.01. The predicted octanol–water partition coefficient (Wildman–Crippen LogP) is 6.27. The standard InChI is InChI=1S/C31H24N2O2/c34-29(23-13-5-2-6-14-23)19-31(26-20-32-27-17-9-7-15-24(26)27)25-16-8-10-18-28(25)33(30(31)35)21-22-11-3-1-4-12-22/h1-18,20,32H,19,21H2/t31-/m0/s1. The zero-order valence-electron chi connectivity index (χ0n) is 19.1. The summed E-state index contributed by atoms with van der Waals surface area (Å²) in [5.74, 6) is -0.128. The third kappa shape index (κ3) is 3.38. The van der Waals surface area contributed by atoms with E-state index in [4.69, 9.17) is 0 Å². The first-order valence-corrected chi connectivity index (χ1v) is 11.8. The van der Waals surface area contributed by atoms with Crippen LogP contribution < -0.4 is 4.90 Å². The zero-order chi connectivity index (χ0) is 23.8. The quantitative estimate of drug-likeness (QED) is 0.306. The van der Waals surface area contributed by atoms with Crippen LogP contribution in [0, 0.1) is 0 Å². The highest BCUT2D eigenvalue weighted by Crippen LogP contribution is 2.51. The molecule has 1 atom stereocenters. The van der Waals surface area contributed by atoms with E-state index in [0.717, 1.165) is 33.3 Å². The Kier molecular flexibility index (Phi) is 5.07. The van der Waals surface area contributed by atoms with E-state index in [0.29, 0.717) is 12.1 Å². The number of nitrogens with one attached hydrogen (secondary N) is 1. The minimum atomic E-state index is -1.13. The largest absolute Gasteiger partial charge is 0.361 e. The number of hydrogen-bond acceptors (Lipinski definition) is 2. The summed E-state index contributed by atoms with van der Waals surface area (Å²) in [6.07, 6.45) is 1.96. The highest BCUT2D eigenvalue weighted by Gasteiger charge is 2.54. The number of hydrogen-bond donors (Lipinski definition) is 1. The second kappa shape index (κ2) is 8.41. The van der Waals surface area contributed by atoms with E-state index < -0.39 is 5.41 Å². The summed E-state index contributed by atoms with van der Waals surface area (Å²) in [6.45, 7) is 0.445. The first-order valence-electron chi connectivity index (χ1n) is 11.8. The summed E-state index contributed by atoms with van der Waals surface area (Å²) < 4.78 is 0. The number of amides is 1. The van der Waals surface area contributed by atoms with Gasteiger partial charge < -0.3 is 9.88 Å². The Morgan fingerprint density at radius 1 is 0.743 bits per heavy atom. The molecule has 5 aromatic rings. The molecule has 0 spiro atoms. The van der Waals surface area contributed by atoms with E-state index in [-0.39, 0.29) is 18.1 Å². The van der Waals surface area contributed by atoms with Crippen LogP contribution in [0.4, 0.5) is 5.69 Å². The Morgan fingerprint density at radius 2 is 1.40 bits per heavy atom. The second-order valence-corrected chi connectivity index (χ2v) is 9.01. The molecule has 1 amide bonds. The molecule has 1 aromatic heterocycles. The molecule has 4 heteroatoms. The topological polar surface area (TPSA) is 53.2 Å². The number of carbonyl (C=O) groups is 2. The van der Waals surface area contributed by atoms with Crippen LogP contribution in [0.2, 0.25) is 0 Å². The Bertz CT molecular complexity index is 1540. The lowest BCUT2D eigenvalue weighted by Gasteiger charge is -2.28. The van der Waals surface area contributed by atoms with Crippen LogP contribution in [-0.4, -0.2) is 16.7 Å². The first-order chi connectivity index (χ1) is 17.2. The van der Waals surface area contributed by atoms with Gasteiger partial charge in [-0.05, 0) is 28.8 Å². The zero-order valence-corrected chi connectivity index (χ0v) is 19.1. The van der Waals surface area contributed by atoms with Gasteiger partial charge in [0, 0.05) is 34.8 Å². The number of carbonyl (C=O) groups excluding carboxylic acids is 2. The number of ketones is 1. The molecule has 0 saturated carbocycles.